The highest BCUT2D eigenvalue weighted by atomic mass is 16.7. The molecule has 46 valence electrons. The highest BCUT2D eigenvalue weighted by molar-refractivity contribution is 4.88. The molecule has 2 heterocycles. The van der Waals surface area contributed by atoms with Crippen LogP contribution in [-0.4, -0.2) is 30.2 Å². The molecule has 1 N–H and O–H groups in total. The molecule has 2 fully saturated rings. The minimum atomic E-state index is -0.571. The monoisotopic (exact) mass is 116 g/mol. The molecule has 3 atom stereocenters. The maximum absolute atomic E-state index is 8.80. The topological polar surface area (TPSA) is 42.0 Å². The van der Waals surface area contributed by atoms with E-state index in [-0.39, 0.29) is 0 Å². The van der Waals surface area contributed by atoms with Crippen molar-refractivity contribution < 1.29 is 14.6 Å². The lowest BCUT2D eigenvalue weighted by Crippen LogP contribution is -2.24. The van der Waals surface area contributed by atoms with E-state index in [4.69, 9.17) is 14.6 Å². The van der Waals surface area contributed by atoms with Gasteiger partial charge >= 0.3 is 0 Å². The first-order valence-electron chi connectivity index (χ1n) is 2.81. The highest BCUT2D eigenvalue weighted by Gasteiger charge is 2.44. The Morgan fingerprint density at radius 3 is 2.88 bits per heavy atom. The van der Waals surface area contributed by atoms with Gasteiger partial charge in [0.15, 0.2) is 6.29 Å². The Bertz CT molecular complexity index is 104. The van der Waals surface area contributed by atoms with Gasteiger partial charge in [0.1, 0.15) is 6.10 Å². The van der Waals surface area contributed by atoms with Crippen LogP contribution in [0.15, 0.2) is 0 Å². The summed E-state index contributed by atoms with van der Waals surface area (Å²) in [5.74, 6) is 0. The zero-order chi connectivity index (χ0) is 5.56. The number of fused-ring (bicyclic) bond motifs is 1. The van der Waals surface area contributed by atoms with Gasteiger partial charge in [-0.15, -0.1) is 0 Å². The molecule has 0 radical (unpaired) electrons. The van der Waals surface area contributed by atoms with Crippen LogP contribution in [0.3, 0.4) is 0 Å². The Kier molecular flexibility index (Phi) is 0.848. The molecule has 0 spiro atoms. The van der Waals surface area contributed by atoms with Gasteiger partial charge in [-0.1, -0.05) is 0 Å². The Labute approximate surface area is 47.2 Å². The number of hydrogen-bond donors (Lipinski definition) is 1. The molecule has 2 rings (SSSR count). The first kappa shape index (κ1) is 4.73. The standard InChI is InChI=1S/C5H8O3/c6-5-1-3-4(8-3)2-7-5/h3-6H,1-2H2. The molecule has 0 amide bonds. The van der Waals surface area contributed by atoms with Crippen LogP contribution in [0.25, 0.3) is 0 Å². The van der Waals surface area contributed by atoms with Gasteiger partial charge in [0.2, 0.25) is 0 Å². The van der Waals surface area contributed by atoms with Crippen LogP contribution in [0.5, 0.6) is 0 Å². The van der Waals surface area contributed by atoms with E-state index >= 15 is 0 Å². The highest BCUT2D eigenvalue weighted by Crippen LogP contribution is 2.31. The van der Waals surface area contributed by atoms with Gasteiger partial charge in [-0.3, -0.25) is 0 Å². The Morgan fingerprint density at radius 2 is 2.25 bits per heavy atom. The summed E-state index contributed by atoms with van der Waals surface area (Å²) in [6, 6.07) is 0. The first-order chi connectivity index (χ1) is 3.86. The van der Waals surface area contributed by atoms with Crippen molar-refractivity contribution >= 4 is 0 Å². The Balaban J connectivity index is 1.93. The minimum absolute atomic E-state index is 0.304. The van der Waals surface area contributed by atoms with E-state index in [1.54, 1.807) is 0 Å². The SMILES string of the molecule is OC1CC2OC2CO1. The van der Waals surface area contributed by atoms with E-state index in [1.807, 2.05) is 0 Å². The second-order valence-electron chi connectivity index (χ2n) is 2.24. The predicted molar refractivity (Wildman–Crippen MR) is 25.2 cm³/mol. The fraction of sp³-hybridized carbons (Fsp3) is 1.00. The van der Waals surface area contributed by atoms with Crippen molar-refractivity contribution in [1.29, 1.82) is 0 Å². The molecule has 3 nitrogen and oxygen atoms in total. The quantitative estimate of drug-likeness (QED) is 0.433. The van der Waals surface area contributed by atoms with Gasteiger partial charge in [0.05, 0.1) is 12.7 Å². The zero-order valence-corrected chi connectivity index (χ0v) is 4.41. The minimum Gasteiger partial charge on any atom is -0.368 e. The van der Waals surface area contributed by atoms with Crippen molar-refractivity contribution in [2.75, 3.05) is 6.61 Å². The second-order valence-corrected chi connectivity index (χ2v) is 2.24. The molecule has 0 aromatic carbocycles. The lowest BCUT2D eigenvalue weighted by Gasteiger charge is -2.12. The maximum atomic E-state index is 8.80. The molecule has 2 saturated heterocycles. The smallest absolute Gasteiger partial charge is 0.157 e. The lowest BCUT2D eigenvalue weighted by atomic mass is 10.2. The molecule has 3 unspecified atom stereocenters. The molecular weight excluding hydrogens is 108 g/mol. The molecule has 2 aliphatic heterocycles. The van der Waals surface area contributed by atoms with Crippen LogP contribution in [-0.2, 0) is 9.47 Å². The summed E-state index contributed by atoms with van der Waals surface area (Å²) in [4.78, 5) is 0. The van der Waals surface area contributed by atoms with Gasteiger partial charge in [0, 0.05) is 6.42 Å². The van der Waals surface area contributed by atoms with Gasteiger partial charge in [-0.25, -0.2) is 0 Å². The van der Waals surface area contributed by atoms with Crippen LogP contribution in [0.2, 0.25) is 0 Å². The molecule has 0 aromatic heterocycles. The number of rotatable bonds is 0. The molecule has 3 heteroatoms. The molecule has 0 bridgehead atoms. The van der Waals surface area contributed by atoms with Crippen LogP contribution in [0, 0.1) is 0 Å². The second kappa shape index (κ2) is 1.43. The number of aliphatic hydroxyl groups is 1. The van der Waals surface area contributed by atoms with E-state index in [9.17, 15) is 0 Å². The van der Waals surface area contributed by atoms with Crippen molar-refractivity contribution in [3.63, 3.8) is 0 Å². The fourth-order valence-electron chi connectivity index (χ4n) is 1.01. The van der Waals surface area contributed by atoms with Gasteiger partial charge in [-0.2, -0.15) is 0 Å². The Morgan fingerprint density at radius 1 is 1.38 bits per heavy atom. The van der Waals surface area contributed by atoms with Crippen LogP contribution < -0.4 is 0 Å². The summed E-state index contributed by atoms with van der Waals surface area (Å²) in [6.45, 7) is 0.575. The first-order valence-corrected chi connectivity index (χ1v) is 2.81. The largest absolute Gasteiger partial charge is 0.368 e. The van der Waals surface area contributed by atoms with Crippen molar-refractivity contribution in [2.24, 2.45) is 0 Å². The predicted octanol–water partition coefficient (Wildman–Crippen LogP) is -0.508. The van der Waals surface area contributed by atoms with E-state index < -0.39 is 6.29 Å². The van der Waals surface area contributed by atoms with Crippen molar-refractivity contribution in [3.05, 3.63) is 0 Å². The molecule has 0 aliphatic carbocycles. The van der Waals surface area contributed by atoms with Crippen molar-refractivity contribution in [2.45, 2.75) is 24.9 Å². The van der Waals surface area contributed by atoms with Crippen LogP contribution in [0.1, 0.15) is 6.42 Å². The third kappa shape index (κ3) is 0.632. The summed E-state index contributed by atoms with van der Waals surface area (Å²) in [5.41, 5.74) is 0. The summed E-state index contributed by atoms with van der Waals surface area (Å²) < 4.78 is 9.93. The zero-order valence-electron chi connectivity index (χ0n) is 4.41. The van der Waals surface area contributed by atoms with Gasteiger partial charge in [0.25, 0.3) is 0 Å². The maximum Gasteiger partial charge on any atom is 0.157 e. The summed E-state index contributed by atoms with van der Waals surface area (Å²) in [5, 5.41) is 8.80. The van der Waals surface area contributed by atoms with E-state index in [0.29, 0.717) is 25.2 Å². The van der Waals surface area contributed by atoms with Gasteiger partial charge < -0.3 is 14.6 Å². The average molecular weight is 116 g/mol. The third-order valence-electron chi connectivity index (χ3n) is 1.57. The van der Waals surface area contributed by atoms with Crippen LogP contribution >= 0.6 is 0 Å². The summed E-state index contributed by atoms with van der Waals surface area (Å²) in [6.07, 6.45) is 0.695. The summed E-state index contributed by atoms with van der Waals surface area (Å²) >= 11 is 0. The molecule has 0 saturated carbocycles. The van der Waals surface area contributed by atoms with Gasteiger partial charge in [-0.05, 0) is 0 Å². The van der Waals surface area contributed by atoms with Crippen LogP contribution in [0.4, 0.5) is 0 Å². The number of ether oxygens (including phenoxy) is 2. The average Bonchev–Trinajstić information content (AvgIpc) is 2.43. The fourth-order valence-corrected chi connectivity index (χ4v) is 1.01. The lowest BCUT2D eigenvalue weighted by molar-refractivity contribution is -0.114. The molecular formula is C5H8O3. The van der Waals surface area contributed by atoms with Crippen molar-refractivity contribution in [1.82, 2.24) is 0 Å². The molecule has 0 aromatic rings. The molecule has 8 heavy (non-hydrogen) atoms. The van der Waals surface area contributed by atoms with E-state index in [2.05, 4.69) is 0 Å². The molecule has 2 aliphatic rings. The number of epoxide rings is 1. The summed E-state index contributed by atoms with van der Waals surface area (Å²) in [7, 11) is 0. The third-order valence-corrected chi connectivity index (χ3v) is 1.57. The number of aliphatic hydroxyl groups excluding tert-OH is 1. The van der Waals surface area contributed by atoms with E-state index in [1.165, 1.54) is 0 Å². The van der Waals surface area contributed by atoms with Crippen molar-refractivity contribution in [3.8, 4) is 0 Å². The van der Waals surface area contributed by atoms with E-state index in [0.717, 1.165) is 0 Å². The number of hydrogen-bond acceptors (Lipinski definition) is 3. The Hall–Kier alpha value is -0.120. The normalized spacial score (nSPS) is 52.9.